The molecule has 1 saturated carbocycles. The van der Waals surface area contributed by atoms with Crippen molar-refractivity contribution in [2.75, 3.05) is 0 Å². The monoisotopic (exact) mass is 498 g/mol. The third kappa shape index (κ3) is 5.52. The van der Waals surface area contributed by atoms with E-state index in [0.717, 1.165) is 40.7 Å². The van der Waals surface area contributed by atoms with Gasteiger partial charge in [-0.15, -0.1) is 5.10 Å². The predicted octanol–water partition coefficient (Wildman–Crippen LogP) is 5.71. The largest absolute Gasteiger partial charge is 0.321 e. The Bertz CT molecular complexity index is 1400. The van der Waals surface area contributed by atoms with Gasteiger partial charge >= 0.3 is 0 Å². The molecule has 1 N–H and O–H groups in total. The first-order valence-electron chi connectivity index (χ1n) is 13.6. The zero-order chi connectivity index (χ0) is 25.9. The molecule has 1 atom stereocenters. The Morgan fingerprint density at radius 3 is 2.54 bits per heavy atom. The number of aryl methyl sites for hydroxylation is 2. The molecule has 194 valence electrons. The summed E-state index contributed by atoms with van der Waals surface area (Å²) in [5.41, 5.74) is 5.19. The minimum atomic E-state index is -0.00774. The molecule has 4 aromatic rings. The Hall–Kier alpha value is -3.32. The van der Waals surface area contributed by atoms with Crippen molar-refractivity contribution in [1.29, 1.82) is 0 Å². The van der Waals surface area contributed by atoms with Crippen LogP contribution < -0.4 is 5.56 Å². The first-order chi connectivity index (χ1) is 17.9. The molecule has 0 spiro atoms. The summed E-state index contributed by atoms with van der Waals surface area (Å²) in [7, 11) is 0. The van der Waals surface area contributed by atoms with E-state index in [1.165, 1.54) is 30.4 Å². The lowest BCUT2D eigenvalue weighted by Gasteiger charge is -2.41. The summed E-state index contributed by atoms with van der Waals surface area (Å²) in [5.74, 6) is 1.14. The zero-order valence-corrected chi connectivity index (χ0v) is 22.4. The summed E-state index contributed by atoms with van der Waals surface area (Å²) in [5, 5.41) is 14.1. The zero-order valence-electron chi connectivity index (χ0n) is 22.4. The van der Waals surface area contributed by atoms with Gasteiger partial charge in [0.15, 0.2) is 5.82 Å². The summed E-state index contributed by atoms with van der Waals surface area (Å²) in [6.45, 7) is 9.83. The number of pyridine rings is 1. The van der Waals surface area contributed by atoms with Crippen molar-refractivity contribution in [2.45, 2.75) is 85.0 Å². The van der Waals surface area contributed by atoms with Crippen LogP contribution in [-0.4, -0.2) is 36.1 Å². The van der Waals surface area contributed by atoms with Gasteiger partial charge in [0.1, 0.15) is 0 Å². The molecule has 5 rings (SSSR count). The smallest absolute Gasteiger partial charge is 0.252 e. The van der Waals surface area contributed by atoms with Crippen molar-refractivity contribution in [1.82, 2.24) is 30.1 Å². The van der Waals surface area contributed by atoms with Gasteiger partial charge in [-0.2, -0.15) is 0 Å². The molecular formula is C30H38N6O. The predicted molar refractivity (Wildman–Crippen MR) is 147 cm³/mol. The molecule has 0 bridgehead atoms. The van der Waals surface area contributed by atoms with Gasteiger partial charge in [-0.05, 0) is 71.7 Å². The normalized spacial score (nSPS) is 15.6. The number of nitrogens with zero attached hydrogens (tertiary/aromatic N) is 5. The van der Waals surface area contributed by atoms with Crippen LogP contribution in [0.5, 0.6) is 0 Å². The van der Waals surface area contributed by atoms with E-state index in [9.17, 15) is 4.79 Å². The van der Waals surface area contributed by atoms with Gasteiger partial charge in [0.25, 0.3) is 5.56 Å². The molecule has 0 radical (unpaired) electrons. The van der Waals surface area contributed by atoms with E-state index < -0.39 is 0 Å². The second-order valence-electron chi connectivity index (χ2n) is 11.0. The van der Waals surface area contributed by atoms with Gasteiger partial charge in [0.05, 0.1) is 18.1 Å². The summed E-state index contributed by atoms with van der Waals surface area (Å²) in [4.78, 5) is 19.1. The standard InChI is InChI=1S/C30H38N6O/c1-20(2)28(29-32-33-34-36(29)18-23-11-7-5-8-12-23)35(26-13-9-6-10-14-26)19-25-17-24-16-21(3)15-22(4)27(24)31-30(25)37/h5,7-8,11-12,15-17,20,26,28H,6,9-10,13-14,18-19H2,1-4H3,(H,31,37). The first kappa shape index (κ1) is 25.3. The number of benzene rings is 2. The Labute approximate surface area is 218 Å². The number of aromatic amines is 1. The fraction of sp³-hybridized carbons (Fsp3) is 0.467. The third-order valence-corrected chi connectivity index (χ3v) is 7.75. The molecule has 2 heterocycles. The molecule has 1 aliphatic carbocycles. The molecule has 2 aromatic carbocycles. The highest BCUT2D eigenvalue weighted by molar-refractivity contribution is 5.82. The molecular weight excluding hydrogens is 460 g/mol. The van der Waals surface area contributed by atoms with Crippen LogP contribution in [0.15, 0.2) is 53.3 Å². The number of hydrogen-bond acceptors (Lipinski definition) is 5. The maximum atomic E-state index is 13.3. The number of hydrogen-bond donors (Lipinski definition) is 1. The first-order valence-corrected chi connectivity index (χ1v) is 13.6. The lowest BCUT2D eigenvalue weighted by molar-refractivity contribution is 0.0611. The molecule has 7 nitrogen and oxygen atoms in total. The second-order valence-corrected chi connectivity index (χ2v) is 11.0. The van der Waals surface area contributed by atoms with Crippen LogP contribution in [0.1, 0.15) is 80.1 Å². The quantitative estimate of drug-likeness (QED) is 0.336. The highest BCUT2D eigenvalue weighted by Gasteiger charge is 2.35. The Balaban J connectivity index is 1.55. The van der Waals surface area contributed by atoms with Gasteiger partial charge in [0.2, 0.25) is 0 Å². The number of tetrazole rings is 1. The van der Waals surface area contributed by atoms with E-state index in [1.807, 2.05) is 22.9 Å². The van der Waals surface area contributed by atoms with Crippen LogP contribution in [-0.2, 0) is 13.1 Å². The fourth-order valence-corrected chi connectivity index (χ4v) is 6.04. The van der Waals surface area contributed by atoms with Crippen molar-refractivity contribution in [2.24, 2.45) is 5.92 Å². The Morgan fingerprint density at radius 2 is 1.81 bits per heavy atom. The van der Waals surface area contributed by atoms with Crippen molar-refractivity contribution in [3.8, 4) is 0 Å². The second kappa shape index (κ2) is 11.0. The van der Waals surface area contributed by atoms with E-state index in [4.69, 9.17) is 0 Å². The van der Waals surface area contributed by atoms with Crippen LogP contribution in [0, 0.1) is 19.8 Å². The third-order valence-electron chi connectivity index (χ3n) is 7.75. The topological polar surface area (TPSA) is 79.7 Å². The van der Waals surface area contributed by atoms with Crippen LogP contribution >= 0.6 is 0 Å². The molecule has 1 fully saturated rings. The molecule has 0 aliphatic heterocycles. The van der Waals surface area contributed by atoms with Crippen LogP contribution in [0.3, 0.4) is 0 Å². The average molecular weight is 499 g/mol. The van der Waals surface area contributed by atoms with Crippen molar-refractivity contribution < 1.29 is 0 Å². The van der Waals surface area contributed by atoms with Crippen molar-refractivity contribution in [3.63, 3.8) is 0 Å². The van der Waals surface area contributed by atoms with Crippen LogP contribution in [0.4, 0.5) is 0 Å². The number of rotatable bonds is 8. The fourth-order valence-electron chi connectivity index (χ4n) is 6.04. The average Bonchev–Trinajstić information content (AvgIpc) is 3.33. The number of nitrogens with one attached hydrogen (secondary N) is 1. The van der Waals surface area contributed by atoms with E-state index >= 15 is 0 Å². The van der Waals surface area contributed by atoms with E-state index in [2.05, 4.69) is 83.4 Å². The van der Waals surface area contributed by atoms with Gasteiger partial charge in [-0.25, -0.2) is 4.68 Å². The molecule has 0 saturated heterocycles. The number of fused-ring (bicyclic) bond motifs is 1. The lowest BCUT2D eigenvalue weighted by Crippen LogP contribution is -2.43. The van der Waals surface area contributed by atoms with Gasteiger partial charge in [-0.3, -0.25) is 9.69 Å². The molecule has 1 aliphatic rings. The molecule has 1 unspecified atom stereocenters. The Kier molecular flexibility index (Phi) is 7.51. The maximum Gasteiger partial charge on any atom is 0.252 e. The van der Waals surface area contributed by atoms with Gasteiger partial charge in [0, 0.05) is 18.2 Å². The van der Waals surface area contributed by atoms with E-state index in [-0.39, 0.29) is 17.5 Å². The van der Waals surface area contributed by atoms with E-state index in [1.54, 1.807) is 0 Å². The highest BCUT2D eigenvalue weighted by Crippen LogP contribution is 2.35. The SMILES string of the molecule is Cc1cc(C)c2[nH]c(=O)c(CN(C3CCCCC3)C(c3nnnn3Cc3ccccc3)C(C)C)cc2c1. The Morgan fingerprint density at radius 1 is 1.05 bits per heavy atom. The van der Waals surface area contributed by atoms with Crippen LogP contribution in [0.25, 0.3) is 10.9 Å². The summed E-state index contributed by atoms with van der Waals surface area (Å²) < 4.78 is 1.94. The lowest BCUT2D eigenvalue weighted by atomic mass is 9.90. The number of H-pyrrole nitrogens is 1. The summed E-state index contributed by atoms with van der Waals surface area (Å²) >= 11 is 0. The molecule has 7 heteroatoms. The van der Waals surface area contributed by atoms with Gasteiger partial charge < -0.3 is 4.98 Å². The minimum Gasteiger partial charge on any atom is -0.321 e. The van der Waals surface area contributed by atoms with E-state index in [0.29, 0.717) is 19.1 Å². The molecule has 2 aromatic heterocycles. The highest BCUT2D eigenvalue weighted by atomic mass is 16.1. The van der Waals surface area contributed by atoms with Crippen LogP contribution in [0.2, 0.25) is 0 Å². The summed E-state index contributed by atoms with van der Waals surface area (Å²) in [6, 6.07) is 17.1. The molecule has 37 heavy (non-hydrogen) atoms. The van der Waals surface area contributed by atoms with Crippen molar-refractivity contribution in [3.05, 3.63) is 87.0 Å². The summed E-state index contributed by atoms with van der Waals surface area (Å²) in [6.07, 6.45) is 5.97. The minimum absolute atomic E-state index is 0.00356. The van der Waals surface area contributed by atoms with Gasteiger partial charge in [-0.1, -0.05) is 75.1 Å². The number of aromatic nitrogens is 5. The maximum absolute atomic E-state index is 13.3. The van der Waals surface area contributed by atoms with Crippen molar-refractivity contribution >= 4 is 10.9 Å². The molecule has 0 amide bonds.